The fraction of sp³-hybridized carbons (Fsp3) is 0.750. The molecule has 0 aromatic heterocycles. The van der Waals surface area contributed by atoms with Gasteiger partial charge in [0.05, 0.1) is 0 Å². The summed E-state index contributed by atoms with van der Waals surface area (Å²) in [5.41, 5.74) is 0. The van der Waals surface area contributed by atoms with Crippen molar-refractivity contribution < 1.29 is 14.3 Å². The zero-order chi connectivity index (χ0) is 22.2. The summed E-state index contributed by atoms with van der Waals surface area (Å²) in [5, 5.41) is 0. The van der Waals surface area contributed by atoms with Gasteiger partial charge in [0.1, 0.15) is 19.0 Å². The molecule has 0 aliphatic carbocycles. The number of para-hydroxylation sites is 1. The molecular weight excluding hydrogens is 384 g/mol. The van der Waals surface area contributed by atoms with Crippen LogP contribution in [0.5, 0.6) is 5.75 Å². The van der Waals surface area contributed by atoms with E-state index in [2.05, 4.69) is 6.92 Å². The third-order valence-corrected chi connectivity index (χ3v) is 5.84. The second kappa shape index (κ2) is 21.7. The number of unbranched alkanes of at least 4 members (excludes halogenated alkanes) is 16. The van der Waals surface area contributed by atoms with E-state index >= 15 is 0 Å². The van der Waals surface area contributed by atoms with Gasteiger partial charge in [0.25, 0.3) is 0 Å². The lowest BCUT2D eigenvalue weighted by Gasteiger charge is -2.07. The van der Waals surface area contributed by atoms with Gasteiger partial charge in [-0.3, -0.25) is 4.79 Å². The number of hydrogen-bond acceptors (Lipinski definition) is 3. The molecule has 0 radical (unpaired) electrons. The van der Waals surface area contributed by atoms with Crippen LogP contribution in [0.4, 0.5) is 0 Å². The van der Waals surface area contributed by atoms with E-state index in [0.717, 1.165) is 18.6 Å². The molecule has 0 bridgehead atoms. The van der Waals surface area contributed by atoms with Crippen LogP contribution in [0, 0.1) is 0 Å². The average Bonchev–Trinajstić information content (AvgIpc) is 2.79. The zero-order valence-corrected chi connectivity index (χ0v) is 20.3. The first-order valence-corrected chi connectivity index (χ1v) is 13.2. The van der Waals surface area contributed by atoms with Crippen molar-refractivity contribution in [2.45, 2.75) is 122 Å². The van der Waals surface area contributed by atoms with Crippen LogP contribution in [0.3, 0.4) is 0 Å². The van der Waals surface area contributed by atoms with Gasteiger partial charge < -0.3 is 9.47 Å². The average molecular weight is 433 g/mol. The highest BCUT2D eigenvalue weighted by Gasteiger charge is 2.03. The van der Waals surface area contributed by atoms with E-state index in [1.54, 1.807) is 0 Å². The zero-order valence-electron chi connectivity index (χ0n) is 20.3. The van der Waals surface area contributed by atoms with E-state index in [1.165, 1.54) is 96.3 Å². The number of carbonyl (C=O) groups excluding carboxylic acids is 1. The largest absolute Gasteiger partial charge is 0.490 e. The van der Waals surface area contributed by atoms with Crippen LogP contribution < -0.4 is 4.74 Å². The summed E-state index contributed by atoms with van der Waals surface area (Å²) in [6.07, 6.45) is 23.5. The molecule has 0 saturated heterocycles. The first kappa shape index (κ1) is 27.5. The van der Waals surface area contributed by atoms with Gasteiger partial charge >= 0.3 is 5.97 Å². The molecule has 3 heteroatoms. The molecular formula is C28H48O3. The lowest BCUT2D eigenvalue weighted by atomic mass is 10.0. The van der Waals surface area contributed by atoms with Gasteiger partial charge in [0.2, 0.25) is 0 Å². The van der Waals surface area contributed by atoms with Crippen molar-refractivity contribution >= 4 is 5.97 Å². The molecule has 0 spiro atoms. The maximum absolute atomic E-state index is 11.7. The van der Waals surface area contributed by atoms with Crippen molar-refractivity contribution in [2.75, 3.05) is 13.2 Å². The summed E-state index contributed by atoms with van der Waals surface area (Å²) >= 11 is 0. The number of ether oxygens (including phenoxy) is 2. The molecule has 0 amide bonds. The van der Waals surface area contributed by atoms with E-state index in [1.807, 2.05) is 30.3 Å². The minimum absolute atomic E-state index is 0.0994. The van der Waals surface area contributed by atoms with Gasteiger partial charge in [-0.2, -0.15) is 0 Å². The Bertz CT molecular complexity index is 500. The van der Waals surface area contributed by atoms with E-state index < -0.39 is 0 Å². The molecule has 0 saturated carbocycles. The van der Waals surface area contributed by atoms with Gasteiger partial charge in [-0.25, -0.2) is 0 Å². The molecule has 0 heterocycles. The Morgan fingerprint density at radius 1 is 0.613 bits per heavy atom. The van der Waals surface area contributed by atoms with Gasteiger partial charge in [-0.1, -0.05) is 128 Å². The van der Waals surface area contributed by atoms with Crippen molar-refractivity contribution in [1.82, 2.24) is 0 Å². The monoisotopic (exact) mass is 432 g/mol. The van der Waals surface area contributed by atoms with Crippen molar-refractivity contribution in [2.24, 2.45) is 0 Å². The lowest BCUT2D eigenvalue weighted by Crippen LogP contribution is -2.11. The van der Waals surface area contributed by atoms with Crippen LogP contribution in [0.2, 0.25) is 0 Å². The highest BCUT2D eigenvalue weighted by molar-refractivity contribution is 5.69. The molecule has 0 unspecified atom stereocenters. The molecule has 1 aromatic carbocycles. The summed E-state index contributed by atoms with van der Waals surface area (Å²) in [7, 11) is 0. The Morgan fingerprint density at radius 2 is 1.06 bits per heavy atom. The standard InChI is InChI=1S/C28H48O3/c1-2-3-4-5-6-7-8-9-10-11-12-13-14-15-16-17-21-24-28(29)31-26-25-30-27-22-19-18-20-23-27/h18-20,22-23H,2-17,21,24-26H2,1H3. The van der Waals surface area contributed by atoms with Crippen molar-refractivity contribution in [3.8, 4) is 5.75 Å². The summed E-state index contributed by atoms with van der Waals surface area (Å²) < 4.78 is 10.7. The first-order valence-electron chi connectivity index (χ1n) is 13.2. The SMILES string of the molecule is CCCCCCCCCCCCCCCCCCCC(=O)OCCOc1ccccc1. The number of carbonyl (C=O) groups is 1. The Balaban J connectivity index is 1.73. The molecule has 3 nitrogen and oxygen atoms in total. The molecule has 178 valence electrons. The fourth-order valence-electron chi connectivity index (χ4n) is 3.90. The van der Waals surface area contributed by atoms with E-state index in [9.17, 15) is 4.79 Å². The lowest BCUT2D eigenvalue weighted by molar-refractivity contribution is -0.144. The van der Waals surface area contributed by atoms with Crippen LogP contribution in [0.1, 0.15) is 122 Å². The first-order chi connectivity index (χ1) is 15.3. The predicted molar refractivity (Wildman–Crippen MR) is 132 cm³/mol. The maximum atomic E-state index is 11.7. The van der Waals surface area contributed by atoms with Crippen LogP contribution >= 0.6 is 0 Å². The van der Waals surface area contributed by atoms with E-state index in [0.29, 0.717) is 19.6 Å². The Morgan fingerprint density at radius 3 is 1.55 bits per heavy atom. The Labute approximate surface area is 192 Å². The Kier molecular flexibility index (Phi) is 19.3. The fourth-order valence-corrected chi connectivity index (χ4v) is 3.90. The van der Waals surface area contributed by atoms with Crippen LogP contribution in [-0.2, 0) is 9.53 Å². The third kappa shape index (κ3) is 18.9. The van der Waals surface area contributed by atoms with E-state index in [4.69, 9.17) is 9.47 Å². The number of hydrogen-bond donors (Lipinski definition) is 0. The third-order valence-electron chi connectivity index (χ3n) is 5.84. The second-order valence-electron chi connectivity index (χ2n) is 8.79. The van der Waals surface area contributed by atoms with Crippen LogP contribution in [-0.4, -0.2) is 19.2 Å². The summed E-state index contributed by atoms with van der Waals surface area (Å²) in [6.45, 7) is 3.02. The van der Waals surface area contributed by atoms with Crippen LogP contribution in [0.15, 0.2) is 30.3 Å². The quantitative estimate of drug-likeness (QED) is 0.136. The molecule has 0 fully saturated rings. The van der Waals surface area contributed by atoms with Gasteiger partial charge in [0.15, 0.2) is 0 Å². The summed E-state index contributed by atoms with van der Waals surface area (Å²) in [6, 6.07) is 9.61. The minimum atomic E-state index is -0.0994. The molecule has 1 rings (SSSR count). The smallest absolute Gasteiger partial charge is 0.305 e. The summed E-state index contributed by atoms with van der Waals surface area (Å²) in [4.78, 5) is 11.7. The minimum Gasteiger partial charge on any atom is -0.490 e. The Hall–Kier alpha value is -1.51. The normalized spacial score (nSPS) is 10.9. The van der Waals surface area contributed by atoms with E-state index in [-0.39, 0.29) is 5.97 Å². The molecule has 0 aliphatic rings. The number of benzene rings is 1. The molecule has 31 heavy (non-hydrogen) atoms. The van der Waals surface area contributed by atoms with Crippen molar-refractivity contribution in [3.05, 3.63) is 30.3 Å². The predicted octanol–water partition coefficient (Wildman–Crippen LogP) is 8.65. The van der Waals surface area contributed by atoms with Crippen molar-refractivity contribution in [3.63, 3.8) is 0 Å². The second-order valence-corrected chi connectivity index (χ2v) is 8.79. The molecule has 1 aromatic rings. The molecule has 0 aliphatic heterocycles. The molecule has 0 N–H and O–H groups in total. The van der Waals surface area contributed by atoms with Gasteiger partial charge in [-0.05, 0) is 18.6 Å². The highest BCUT2D eigenvalue weighted by Crippen LogP contribution is 2.14. The maximum Gasteiger partial charge on any atom is 0.305 e. The van der Waals surface area contributed by atoms with Crippen molar-refractivity contribution in [1.29, 1.82) is 0 Å². The van der Waals surface area contributed by atoms with Gasteiger partial charge in [-0.15, -0.1) is 0 Å². The van der Waals surface area contributed by atoms with Crippen LogP contribution in [0.25, 0.3) is 0 Å². The topological polar surface area (TPSA) is 35.5 Å². The number of rotatable bonds is 22. The molecule has 0 atom stereocenters. The summed E-state index contributed by atoms with van der Waals surface area (Å²) in [5.74, 6) is 0.712. The van der Waals surface area contributed by atoms with Gasteiger partial charge in [0, 0.05) is 6.42 Å². The highest BCUT2D eigenvalue weighted by atomic mass is 16.6. The number of esters is 1.